The number of aliphatic hydroxyl groups is 1. The first-order chi connectivity index (χ1) is 27.4. The highest BCUT2D eigenvalue weighted by atomic mass is 16.7. The van der Waals surface area contributed by atoms with Gasteiger partial charge in [-0.2, -0.15) is 9.75 Å². The molecular formula is C42H64N6O10. The number of hydrogen-bond acceptors (Lipinski definition) is 13. The lowest BCUT2D eigenvalue weighted by Gasteiger charge is -2.47. The van der Waals surface area contributed by atoms with Gasteiger partial charge in [0, 0.05) is 38.1 Å². The monoisotopic (exact) mass is 812 g/mol. The van der Waals surface area contributed by atoms with E-state index in [4.69, 9.17) is 23.7 Å². The van der Waals surface area contributed by atoms with Crippen LogP contribution in [0.4, 0.5) is 4.79 Å². The van der Waals surface area contributed by atoms with Gasteiger partial charge in [0.2, 0.25) is 6.67 Å². The molecule has 1 aromatic heterocycles. The lowest BCUT2D eigenvalue weighted by molar-refractivity contribution is -0.494. The van der Waals surface area contributed by atoms with Crippen LogP contribution in [0, 0.1) is 28.9 Å². The summed E-state index contributed by atoms with van der Waals surface area (Å²) < 4.78 is 34.7. The van der Waals surface area contributed by atoms with Crippen LogP contribution in [0.5, 0.6) is 0 Å². The zero-order valence-electron chi connectivity index (χ0n) is 36.0. The minimum absolute atomic E-state index is 0.158. The van der Waals surface area contributed by atoms with E-state index in [0.29, 0.717) is 31.6 Å². The Morgan fingerprint density at radius 2 is 1.78 bits per heavy atom. The second-order valence-corrected chi connectivity index (χ2v) is 17.6. The smallest absolute Gasteiger partial charge is 0.425 e. The number of ketones is 1. The minimum atomic E-state index is -1.39. The summed E-state index contributed by atoms with van der Waals surface area (Å²) in [5, 5.41) is 29.5. The van der Waals surface area contributed by atoms with E-state index in [1.807, 2.05) is 77.9 Å². The fourth-order valence-corrected chi connectivity index (χ4v) is 10.2. The highest BCUT2D eigenvalue weighted by molar-refractivity contribution is 6.00. The second-order valence-electron chi connectivity index (χ2n) is 17.6. The maximum absolute atomic E-state index is 14.7. The molecule has 4 aliphatic rings. The summed E-state index contributed by atoms with van der Waals surface area (Å²) in [5.74, 6) is -4.43. The van der Waals surface area contributed by atoms with Crippen molar-refractivity contribution in [3.63, 3.8) is 0 Å². The van der Waals surface area contributed by atoms with Crippen molar-refractivity contribution >= 4 is 34.6 Å². The number of hydrazine groups is 1. The van der Waals surface area contributed by atoms with Crippen molar-refractivity contribution in [2.75, 3.05) is 34.4 Å². The number of methoxy groups -OCH3 is 1. The van der Waals surface area contributed by atoms with Crippen LogP contribution in [0.15, 0.2) is 30.6 Å². The topological polar surface area (TPSA) is 171 Å². The maximum atomic E-state index is 14.7. The minimum Gasteiger partial charge on any atom is -0.623 e. The van der Waals surface area contributed by atoms with Crippen LogP contribution in [0.1, 0.15) is 81.1 Å². The van der Waals surface area contributed by atoms with Crippen molar-refractivity contribution in [1.82, 2.24) is 24.5 Å². The summed E-state index contributed by atoms with van der Waals surface area (Å²) in [6, 6.07) is 6.82. The molecule has 4 aliphatic heterocycles. The number of amides is 1. The molecule has 0 spiro atoms. The highest BCUT2D eigenvalue weighted by Crippen LogP contribution is 2.44. The molecule has 3 fully saturated rings. The largest absolute Gasteiger partial charge is 0.623 e. The average molecular weight is 813 g/mol. The number of hydrogen-bond donors (Lipinski definition) is 1. The molecule has 3 saturated heterocycles. The number of benzene rings is 1. The Balaban J connectivity index is 1.41. The predicted octanol–water partition coefficient (Wildman–Crippen LogP) is 4.20. The SMILES string of the molecule is CC[C@H]1OC(=O)[C@H](C)C(=O)[C@H](C)[C@@H](O[C@@H]2O[C@H](C)C[C@H](N(C)C)[C@H]2O)[C@@](C)(OC)C[C@@H](C)C2=[N+]([O-])CN(CCCn3cnc4ccccc43)N3C(=O)O[C@@]1(C)[C@H]3[C@H]2C. The average Bonchev–Trinajstić information content (AvgIpc) is 3.68. The van der Waals surface area contributed by atoms with E-state index in [1.165, 1.54) is 14.0 Å². The molecule has 58 heavy (non-hydrogen) atoms. The molecular weight excluding hydrogens is 748 g/mol. The van der Waals surface area contributed by atoms with Gasteiger partial charge >= 0.3 is 12.1 Å². The molecule has 2 aromatic rings. The van der Waals surface area contributed by atoms with Crippen LogP contribution in [0.25, 0.3) is 11.0 Å². The summed E-state index contributed by atoms with van der Waals surface area (Å²) in [6.45, 7) is 15.1. The van der Waals surface area contributed by atoms with Gasteiger partial charge in [-0.1, -0.05) is 39.8 Å². The Labute approximate surface area is 341 Å². The molecule has 0 saturated carbocycles. The number of esters is 1. The van der Waals surface area contributed by atoms with Gasteiger partial charge in [0.05, 0.1) is 41.1 Å². The molecule has 16 heteroatoms. The van der Waals surface area contributed by atoms with Crippen molar-refractivity contribution in [1.29, 1.82) is 0 Å². The van der Waals surface area contributed by atoms with Crippen LogP contribution in [-0.2, 0) is 39.8 Å². The van der Waals surface area contributed by atoms with Crippen molar-refractivity contribution in [2.24, 2.45) is 23.7 Å². The molecule has 16 nitrogen and oxygen atoms in total. The zero-order chi connectivity index (χ0) is 42.4. The molecule has 2 bridgehead atoms. The number of cyclic esters (lactones) is 1. The number of aromatic nitrogens is 2. The second kappa shape index (κ2) is 17.1. The van der Waals surface area contributed by atoms with E-state index in [-0.39, 0.29) is 31.7 Å². The number of fused-ring (bicyclic) bond motifs is 2. The van der Waals surface area contributed by atoms with Gasteiger partial charge < -0.3 is 43.5 Å². The van der Waals surface area contributed by atoms with Crippen molar-refractivity contribution in [3.8, 4) is 0 Å². The fraction of sp³-hybridized carbons (Fsp3) is 0.738. The summed E-state index contributed by atoms with van der Waals surface area (Å²) in [7, 11) is 5.29. The van der Waals surface area contributed by atoms with E-state index in [0.717, 1.165) is 15.8 Å². The molecule has 13 atom stereocenters. The lowest BCUT2D eigenvalue weighted by Crippen LogP contribution is -2.61. The predicted molar refractivity (Wildman–Crippen MR) is 214 cm³/mol. The quantitative estimate of drug-likeness (QED) is 0.166. The molecule has 5 heterocycles. The number of aryl methyl sites for hydroxylation is 1. The number of imidazole rings is 1. The van der Waals surface area contributed by atoms with Crippen LogP contribution >= 0.6 is 0 Å². The Bertz CT molecular complexity index is 1850. The third kappa shape index (κ3) is 7.99. The first kappa shape index (κ1) is 43.9. The zero-order valence-corrected chi connectivity index (χ0v) is 36.0. The van der Waals surface area contributed by atoms with E-state index in [9.17, 15) is 24.7 Å². The third-order valence-corrected chi connectivity index (χ3v) is 13.3. The number of carbonyl (C=O) groups is 3. The Morgan fingerprint density at radius 3 is 2.45 bits per heavy atom. The molecule has 0 unspecified atom stereocenters. The van der Waals surface area contributed by atoms with Gasteiger partial charge in [-0.3, -0.25) is 9.59 Å². The highest BCUT2D eigenvalue weighted by Gasteiger charge is 2.63. The van der Waals surface area contributed by atoms with Gasteiger partial charge in [-0.25, -0.2) is 14.8 Å². The number of ether oxygens (including phenoxy) is 5. The van der Waals surface area contributed by atoms with Gasteiger partial charge in [0.25, 0.3) is 0 Å². The summed E-state index contributed by atoms with van der Waals surface area (Å²) >= 11 is 0. The van der Waals surface area contributed by atoms with E-state index in [2.05, 4.69) is 9.55 Å². The van der Waals surface area contributed by atoms with Crippen LogP contribution in [-0.4, -0.2) is 146 Å². The fourth-order valence-electron chi connectivity index (χ4n) is 10.2. The van der Waals surface area contributed by atoms with Crippen molar-refractivity contribution in [2.45, 2.75) is 142 Å². The van der Waals surface area contributed by atoms with E-state index < -0.39 is 83.4 Å². The number of para-hydroxylation sites is 2. The number of nitrogens with zero attached hydrogens (tertiary/aromatic N) is 6. The van der Waals surface area contributed by atoms with Crippen LogP contribution in [0.3, 0.4) is 0 Å². The molecule has 6 rings (SSSR count). The Kier molecular flexibility index (Phi) is 13.0. The maximum Gasteiger partial charge on any atom is 0.425 e. The molecule has 0 radical (unpaired) electrons. The normalized spacial score (nSPS) is 38.2. The Morgan fingerprint density at radius 1 is 1.07 bits per heavy atom. The summed E-state index contributed by atoms with van der Waals surface area (Å²) in [4.78, 5) is 49.1. The number of carbonyl (C=O) groups excluding carboxylic acids is 3. The van der Waals surface area contributed by atoms with E-state index >= 15 is 0 Å². The van der Waals surface area contributed by atoms with Crippen molar-refractivity contribution in [3.05, 3.63) is 35.8 Å². The van der Waals surface area contributed by atoms with Gasteiger partial charge in [-0.05, 0) is 79.6 Å². The number of hydroxylamine groups is 1. The standard InChI is InChI=1S/C42H64N6O10/c1-12-32-42(8)36-26(4)33(47(53)23-46(48(36)40(52)58-42)19-15-18-45-22-43-29-16-13-14-17-30(29)45)24(2)21-41(7,54-11)37(27(5)34(49)28(6)38(51)56-32)57-39-35(50)31(44(9)10)20-25(3)55-39/h13-14,16-17,22,24-28,31-32,35-37,39,50H,12,15,18-21,23H2,1-11H3/t24-,25-,26+,27+,28-,31+,32-,35-,36-,37-,39+,41+,42-/m1/s1. The molecule has 1 aromatic carbocycles. The summed E-state index contributed by atoms with van der Waals surface area (Å²) in [5.41, 5.74) is -0.267. The van der Waals surface area contributed by atoms with Gasteiger partial charge in [0.1, 0.15) is 24.2 Å². The molecule has 1 amide bonds. The molecule has 322 valence electrons. The first-order valence-corrected chi connectivity index (χ1v) is 20.8. The van der Waals surface area contributed by atoms with Crippen LogP contribution < -0.4 is 0 Å². The number of aliphatic hydroxyl groups excluding tert-OH is 1. The first-order valence-electron chi connectivity index (χ1n) is 20.8. The molecule has 1 N–H and O–H groups in total. The van der Waals surface area contributed by atoms with Crippen LogP contribution in [0.2, 0.25) is 0 Å². The Hall–Kier alpha value is -3.67. The van der Waals surface area contributed by atoms with E-state index in [1.54, 1.807) is 30.2 Å². The summed E-state index contributed by atoms with van der Waals surface area (Å²) in [6.07, 6.45) is -1.62. The van der Waals surface area contributed by atoms with Gasteiger partial charge in [0.15, 0.2) is 23.4 Å². The number of likely N-dealkylation sites (N-methyl/N-ethyl adjacent to an activating group) is 1. The lowest BCUT2D eigenvalue weighted by atomic mass is 9.73. The third-order valence-electron chi connectivity index (χ3n) is 13.3. The number of rotatable bonds is 9. The van der Waals surface area contributed by atoms with Crippen molar-refractivity contribution < 1.29 is 47.9 Å². The molecule has 0 aliphatic carbocycles. The van der Waals surface area contributed by atoms with Gasteiger partial charge in [-0.15, -0.1) is 0 Å². The number of Topliss-reactive ketones (excluding diaryl/α,β-unsaturated/α-hetero) is 1.